The van der Waals surface area contributed by atoms with Gasteiger partial charge < -0.3 is 4.74 Å². The van der Waals surface area contributed by atoms with Crippen LogP contribution in [0.15, 0.2) is 6.20 Å². The van der Waals surface area contributed by atoms with Crippen molar-refractivity contribution in [2.24, 2.45) is 7.05 Å². The molecule has 0 spiro atoms. The number of thiazole rings is 1. The molecule has 5 nitrogen and oxygen atoms in total. The summed E-state index contributed by atoms with van der Waals surface area (Å²) in [5.41, 5.74) is 1.69. The van der Waals surface area contributed by atoms with Crippen LogP contribution in [0, 0.1) is 6.92 Å². The van der Waals surface area contributed by atoms with Crippen LogP contribution in [0.1, 0.15) is 15.4 Å². The Morgan fingerprint density at radius 2 is 2.31 bits per heavy atom. The number of hydrogen-bond donors (Lipinski definition) is 0. The lowest BCUT2D eigenvalue weighted by Crippen LogP contribution is -1.95. The lowest BCUT2D eigenvalue weighted by atomic mass is 10.2. The van der Waals surface area contributed by atoms with Crippen LogP contribution in [0.2, 0.25) is 0 Å². The highest BCUT2D eigenvalue weighted by atomic mass is 32.1. The van der Waals surface area contributed by atoms with Crippen molar-refractivity contribution in [2.45, 2.75) is 6.92 Å². The van der Waals surface area contributed by atoms with Gasteiger partial charge in [0.25, 0.3) is 0 Å². The largest absolute Gasteiger partial charge is 0.481 e. The first-order valence-corrected chi connectivity index (χ1v) is 5.48. The number of ether oxygens (including phenoxy) is 1. The standard InChI is InChI=1S/C10H11N3O2S/c1-6-8(10(15-3)13(2)12-6)9-11-4-7(5-14)16-9/h4-5H,1-3H3. The van der Waals surface area contributed by atoms with Gasteiger partial charge in [0.15, 0.2) is 6.29 Å². The van der Waals surface area contributed by atoms with Crippen molar-refractivity contribution in [3.63, 3.8) is 0 Å². The minimum atomic E-state index is 0.598. The van der Waals surface area contributed by atoms with Crippen LogP contribution in [-0.4, -0.2) is 28.2 Å². The second kappa shape index (κ2) is 4.05. The van der Waals surface area contributed by atoms with E-state index < -0.39 is 0 Å². The molecule has 0 bridgehead atoms. The van der Waals surface area contributed by atoms with Crippen molar-refractivity contribution in [1.82, 2.24) is 14.8 Å². The van der Waals surface area contributed by atoms with Gasteiger partial charge in [0.05, 0.1) is 23.2 Å². The second-order valence-corrected chi connectivity index (χ2v) is 4.34. The average molecular weight is 237 g/mol. The molecule has 0 atom stereocenters. The topological polar surface area (TPSA) is 57.0 Å². The van der Waals surface area contributed by atoms with Gasteiger partial charge in [-0.2, -0.15) is 5.10 Å². The van der Waals surface area contributed by atoms with E-state index in [0.29, 0.717) is 10.8 Å². The van der Waals surface area contributed by atoms with Gasteiger partial charge in [-0.3, -0.25) is 4.79 Å². The van der Waals surface area contributed by atoms with Gasteiger partial charge in [0.1, 0.15) is 5.01 Å². The zero-order valence-corrected chi connectivity index (χ0v) is 10.0. The zero-order valence-electron chi connectivity index (χ0n) is 9.22. The number of hydrogen-bond acceptors (Lipinski definition) is 5. The van der Waals surface area contributed by atoms with Gasteiger partial charge >= 0.3 is 0 Å². The number of methoxy groups -OCH3 is 1. The lowest BCUT2D eigenvalue weighted by Gasteiger charge is -2.01. The molecule has 0 aromatic carbocycles. The lowest BCUT2D eigenvalue weighted by molar-refractivity contribution is 0.112. The SMILES string of the molecule is COc1c(-c2ncc(C=O)s2)c(C)nn1C. The van der Waals surface area contributed by atoms with Gasteiger partial charge in [-0.15, -0.1) is 11.3 Å². The first-order chi connectivity index (χ1) is 7.67. The third-order valence-corrected chi connectivity index (χ3v) is 3.16. The molecule has 16 heavy (non-hydrogen) atoms. The maximum Gasteiger partial charge on any atom is 0.222 e. The van der Waals surface area contributed by atoms with Crippen molar-refractivity contribution in [1.29, 1.82) is 0 Å². The van der Waals surface area contributed by atoms with Crippen LogP contribution < -0.4 is 4.74 Å². The van der Waals surface area contributed by atoms with E-state index in [1.807, 2.05) is 14.0 Å². The molecule has 0 aliphatic carbocycles. The fraction of sp³-hybridized carbons (Fsp3) is 0.300. The first-order valence-electron chi connectivity index (χ1n) is 4.66. The summed E-state index contributed by atoms with van der Waals surface area (Å²) >= 11 is 1.33. The summed E-state index contributed by atoms with van der Waals surface area (Å²) in [5, 5.41) is 5.02. The molecule has 0 unspecified atom stereocenters. The normalized spacial score (nSPS) is 10.4. The molecule has 6 heteroatoms. The Morgan fingerprint density at radius 3 is 2.88 bits per heavy atom. The molecule has 2 aromatic heterocycles. The number of aldehydes is 1. The van der Waals surface area contributed by atoms with Gasteiger partial charge in [0.2, 0.25) is 5.88 Å². The van der Waals surface area contributed by atoms with E-state index in [-0.39, 0.29) is 0 Å². The van der Waals surface area contributed by atoms with Gasteiger partial charge in [0, 0.05) is 13.2 Å². The molecule has 2 rings (SSSR count). The van der Waals surface area contributed by atoms with Crippen molar-refractivity contribution in [3.8, 4) is 16.5 Å². The Hall–Kier alpha value is -1.69. The highest BCUT2D eigenvalue weighted by Gasteiger charge is 2.18. The molecular weight excluding hydrogens is 226 g/mol. The summed E-state index contributed by atoms with van der Waals surface area (Å²) in [4.78, 5) is 15.4. The summed E-state index contributed by atoms with van der Waals surface area (Å²) in [5.74, 6) is 0.657. The molecule has 2 aromatic rings. The summed E-state index contributed by atoms with van der Waals surface area (Å²) in [6.07, 6.45) is 2.35. The summed E-state index contributed by atoms with van der Waals surface area (Å²) in [7, 11) is 3.40. The van der Waals surface area contributed by atoms with Crippen LogP contribution in [0.4, 0.5) is 0 Å². The molecule has 0 radical (unpaired) electrons. The molecule has 84 valence electrons. The fourth-order valence-electron chi connectivity index (χ4n) is 1.57. The van der Waals surface area contributed by atoms with E-state index in [1.165, 1.54) is 11.3 Å². The van der Waals surface area contributed by atoms with Crippen LogP contribution in [0.5, 0.6) is 5.88 Å². The van der Waals surface area contributed by atoms with E-state index in [4.69, 9.17) is 4.74 Å². The second-order valence-electron chi connectivity index (χ2n) is 3.28. The van der Waals surface area contributed by atoms with Crippen LogP contribution in [0.25, 0.3) is 10.6 Å². The Labute approximate surface area is 96.7 Å². The Balaban J connectivity index is 2.58. The van der Waals surface area contributed by atoms with Crippen LogP contribution in [0.3, 0.4) is 0 Å². The molecule has 0 N–H and O–H groups in total. The maximum absolute atomic E-state index is 10.6. The number of rotatable bonds is 3. The number of aryl methyl sites for hydroxylation is 2. The highest BCUT2D eigenvalue weighted by Crippen LogP contribution is 2.34. The Bertz CT molecular complexity index is 530. The average Bonchev–Trinajstić information content (AvgIpc) is 2.82. The van der Waals surface area contributed by atoms with E-state index >= 15 is 0 Å². The molecule has 2 heterocycles. The van der Waals surface area contributed by atoms with Crippen molar-refractivity contribution >= 4 is 17.6 Å². The number of carbonyl (C=O) groups is 1. The van der Waals surface area contributed by atoms with E-state index in [0.717, 1.165) is 22.6 Å². The molecule has 0 saturated carbocycles. The predicted octanol–water partition coefficient (Wildman–Crippen LogP) is 1.67. The fourth-order valence-corrected chi connectivity index (χ4v) is 2.39. The molecule has 0 aliphatic rings. The quantitative estimate of drug-likeness (QED) is 0.762. The minimum absolute atomic E-state index is 0.598. The Morgan fingerprint density at radius 1 is 1.56 bits per heavy atom. The molecule has 0 amide bonds. The van der Waals surface area contributed by atoms with Crippen molar-refractivity contribution < 1.29 is 9.53 Å². The zero-order chi connectivity index (χ0) is 11.7. The third kappa shape index (κ3) is 1.61. The Kier molecular flexibility index (Phi) is 2.74. The van der Waals surface area contributed by atoms with E-state index in [2.05, 4.69) is 10.1 Å². The third-order valence-electron chi connectivity index (χ3n) is 2.22. The monoisotopic (exact) mass is 237 g/mol. The number of nitrogens with zero attached hydrogens (tertiary/aromatic N) is 3. The minimum Gasteiger partial charge on any atom is -0.481 e. The van der Waals surface area contributed by atoms with Crippen molar-refractivity contribution in [2.75, 3.05) is 7.11 Å². The smallest absolute Gasteiger partial charge is 0.222 e. The van der Waals surface area contributed by atoms with E-state index in [9.17, 15) is 4.79 Å². The van der Waals surface area contributed by atoms with Gasteiger partial charge in [-0.05, 0) is 6.92 Å². The van der Waals surface area contributed by atoms with Gasteiger partial charge in [-0.1, -0.05) is 0 Å². The number of aromatic nitrogens is 3. The maximum atomic E-state index is 10.6. The molecular formula is C10H11N3O2S. The van der Waals surface area contributed by atoms with Crippen LogP contribution >= 0.6 is 11.3 Å². The molecule has 0 fully saturated rings. The number of carbonyl (C=O) groups excluding carboxylic acids is 1. The predicted molar refractivity (Wildman–Crippen MR) is 61.0 cm³/mol. The van der Waals surface area contributed by atoms with Crippen molar-refractivity contribution in [3.05, 3.63) is 16.8 Å². The summed E-state index contributed by atoms with van der Waals surface area (Å²) < 4.78 is 6.93. The van der Waals surface area contributed by atoms with E-state index in [1.54, 1.807) is 18.0 Å². The van der Waals surface area contributed by atoms with Crippen LogP contribution in [-0.2, 0) is 7.05 Å². The summed E-state index contributed by atoms with van der Waals surface area (Å²) in [6, 6.07) is 0. The molecule has 0 saturated heterocycles. The first kappa shape index (κ1) is 10.8. The van der Waals surface area contributed by atoms with Gasteiger partial charge in [-0.25, -0.2) is 9.67 Å². The molecule has 0 aliphatic heterocycles. The summed E-state index contributed by atoms with van der Waals surface area (Å²) in [6.45, 7) is 1.89. The highest BCUT2D eigenvalue weighted by molar-refractivity contribution is 7.16.